The zero-order chi connectivity index (χ0) is 14.2. The van der Waals surface area contributed by atoms with Crippen molar-refractivity contribution in [2.75, 3.05) is 11.9 Å². The van der Waals surface area contributed by atoms with Crippen LogP contribution >= 0.6 is 15.9 Å². The molecule has 6 heteroatoms. The molecule has 1 aromatic heterocycles. The SMILES string of the molecule is CCn1ncc(NC2CCNC3(CCC3)C2)c(Br)c1=O. The summed E-state index contributed by atoms with van der Waals surface area (Å²) in [5, 5.41) is 11.4. The molecule has 1 aliphatic heterocycles. The van der Waals surface area contributed by atoms with Gasteiger partial charge in [0, 0.05) is 18.1 Å². The zero-order valence-electron chi connectivity index (χ0n) is 11.8. The average molecular weight is 341 g/mol. The molecule has 0 bridgehead atoms. The van der Waals surface area contributed by atoms with Gasteiger partial charge in [0.25, 0.3) is 5.56 Å². The van der Waals surface area contributed by atoms with E-state index >= 15 is 0 Å². The second-order valence-corrected chi connectivity index (χ2v) is 6.68. The largest absolute Gasteiger partial charge is 0.380 e. The topological polar surface area (TPSA) is 59.0 Å². The maximum Gasteiger partial charge on any atom is 0.283 e. The quantitative estimate of drug-likeness (QED) is 0.884. The molecule has 1 unspecified atom stereocenters. The summed E-state index contributed by atoms with van der Waals surface area (Å²) in [7, 11) is 0. The number of nitrogens with one attached hydrogen (secondary N) is 2. The van der Waals surface area contributed by atoms with Gasteiger partial charge in [-0.15, -0.1) is 0 Å². The minimum absolute atomic E-state index is 0.0650. The van der Waals surface area contributed by atoms with E-state index in [-0.39, 0.29) is 5.56 Å². The number of rotatable bonds is 3. The molecule has 110 valence electrons. The van der Waals surface area contributed by atoms with Crippen LogP contribution in [0.15, 0.2) is 15.5 Å². The minimum Gasteiger partial charge on any atom is -0.380 e. The normalized spacial score (nSPS) is 24.4. The Kier molecular flexibility index (Phi) is 3.86. The van der Waals surface area contributed by atoms with Gasteiger partial charge >= 0.3 is 0 Å². The Morgan fingerprint density at radius 2 is 2.40 bits per heavy atom. The third kappa shape index (κ3) is 2.51. The first-order valence-electron chi connectivity index (χ1n) is 7.41. The van der Waals surface area contributed by atoms with Crippen molar-refractivity contribution in [3.05, 3.63) is 21.0 Å². The predicted molar refractivity (Wildman–Crippen MR) is 83.1 cm³/mol. The molecule has 0 amide bonds. The Labute approximate surface area is 127 Å². The highest BCUT2D eigenvalue weighted by molar-refractivity contribution is 9.10. The van der Waals surface area contributed by atoms with Gasteiger partial charge in [-0.2, -0.15) is 5.10 Å². The fraction of sp³-hybridized carbons (Fsp3) is 0.714. The standard InChI is InChI=1S/C14H21BrN4O/c1-2-19-13(20)12(15)11(9-17-19)18-10-4-7-16-14(8-10)5-3-6-14/h9-10,16,18H,2-8H2,1H3. The molecule has 0 radical (unpaired) electrons. The fourth-order valence-electron chi connectivity index (χ4n) is 3.28. The molecule has 1 spiro atoms. The van der Waals surface area contributed by atoms with Crippen LogP contribution in [0.5, 0.6) is 0 Å². The molecule has 1 aromatic rings. The molecule has 2 aliphatic rings. The molecule has 2 fully saturated rings. The first-order valence-corrected chi connectivity index (χ1v) is 8.20. The van der Waals surface area contributed by atoms with E-state index in [1.54, 1.807) is 6.20 Å². The first kappa shape index (κ1) is 14.1. The number of aryl methyl sites for hydroxylation is 1. The Morgan fingerprint density at radius 3 is 3.05 bits per heavy atom. The summed E-state index contributed by atoms with van der Waals surface area (Å²) in [6.45, 7) is 3.56. The highest BCUT2D eigenvalue weighted by atomic mass is 79.9. The van der Waals surface area contributed by atoms with Gasteiger partial charge in [-0.05, 0) is 61.5 Å². The van der Waals surface area contributed by atoms with Crippen LogP contribution in [-0.2, 0) is 6.54 Å². The summed E-state index contributed by atoms with van der Waals surface area (Å²) in [6.07, 6.45) is 7.87. The lowest BCUT2D eigenvalue weighted by atomic mass is 9.70. The summed E-state index contributed by atoms with van der Waals surface area (Å²) in [4.78, 5) is 12.1. The summed E-state index contributed by atoms with van der Waals surface area (Å²) in [5.41, 5.74) is 1.11. The number of nitrogens with zero attached hydrogens (tertiary/aromatic N) is 2. The number of anilines is 1. The van der Waals surface area contributed by atoms with Crippen molar-refractivity contribution in [2.24, 2.45) is 0 Å². The molecule has 1 atom stereocenters. The van der Waals surface area contributed by atoms with Crippen LogP contribution in [-0.4, -0.2) is 27.9 Å². The summed E-state index contributed by atoms with van der Waals surface area (Å²) >= 11 is 3.41. The molecule has 1 saturated carbocycles. The Hall–Kier alpha value is -0.880. The second-order valence-electron chi connectivity index (χ2n) is 5.89. The number of hydrogen-bond acceptors (Lipinski definition) is 4. The van der Waals surface area contributed by atoms with E-state index < -0.39 is 0 Å². The maximum absolute atomic E-state index is 12.1. The number of hydrogen-bond donors (Lipinski definition) is 2. The van der Waals surface area contributed by atoms with Crippen molar-refractivity contribution in [1.82, 2.24) is 15.1 Å². The van der Waals surface area contributed by atoms with Gasteiger partial charge in [0.1, 0.15) is 4.47 Å². The maximum atomic E-state index is 12.1. The Balaban J connectivity index is 1.74. The van der Waals surface area contributed by atoms with Crippen LogP contribution in [0.4, 0.5) is 5.69 Å². The molecule has 2 N–H and O–H groups in total. The van der Waals surface area contributed by atoms with Crippen molar-refractivity contribution in [3.63, 3.8) is 0 Å². The van der Waals surface area contributed by atoms with Crippen LogP contribution in [0.3, 0.4) is 0 Å². The first-order chi connectivity index (χ1) is 9.63. The van der Waals surface area contributed by atoms with Crippen molar-refractivity contribution in [3.8, 4) is 0 Å². The number of piperidine rings is 1. The third-order valence-electron chi connectivity index (χ3n) is 4.58. The van der Waals surface area contributed by atoms with E-state index in [9.17, 15) is 4.79 Å². The van der Waals surface area contributed by atoms with Crippen molar-refractivity contribution < 1.29 is 0 Å². The fourth-order valence-corrected chi connectivity index (χ4v) is 3.70. The van der Waals surface area contributed by atoms with Gasteiger partial charge < -0.3 is 10.6 Å². The van der Waals surface area contributed by atoms with Crippen LogP contribution in [0.2, 0.25) is 0 Å². The van der Waals surface area contributed by atoms with Crippen molar-refractivity contribution in [1.29, 1.82) is 0 Å². The molecule has 2 heterocycles. The van der Waals surface area contributed by atoms with E-state index in [1.807, 2.05) is 6.92 Å². The van der Waals surface area contributed by atoms with Gasteiger partial charge in [-0.3, -0.25) is 4.79 Å². The summed E-state index contributed by atoms with van der Waals surface area (Å²) in [5.74, 6) is 0. The van der Waals surface area contributed by atoms with Gasteiger partial charge in [0.15, 0.2) is 0 Å². The smallest absolute Gasteiger partial charge is 0.283 e. The van der Waals surface area contributed by atoms with Crippen LogP contribution < -0.4 is 16.2 Å². The molecule has 5 nitrogen and oxygen atoms in total. The average Bonchev–Trinajstić information content (AvgIpc) is 2.43. The van der Waals surface area contributed by atoms with Crippen molar-refractivity contribution in [2.45, 2.75) is 57.2 Å². The van der Waals surface area contributed by atoms with Crippen LogP contribution in [0, 0.1) is 0 Å². The monoisotopic (exact) mass is 340 g/mol. The summed E-state index contributed by atoms with van der Waals surface area (Å²) in [6, 6.07) is 0.423. The van der Waals surface area contributed by atoms with Crippen molar-refractivity contribution >= 4 is 21.6 Å². The molecule has 20 heavy (non-hydrogen) atoms. The second kappa shape index (κ2) is 5.48. The molecular formula is C14H21BrN4O. The Bertz CT molecular complexity index is 553. The van der Waals surface area contributed by atoms with E-state index in [0.717, 1.165) is 25.1 Å². The van der Waals surface area contributed by atoms with E-state index in [0.29, 0.717) is 22.6 Å². The van der Waals surface area contributed by atoms with Gasteiger partial charge in [-0.25, -0.2) is 4.68 Å². The number of halogens is 1. The number of aromatic nitrogens is 2. The minimum atomic E-state index is -0.0650. The molecular weight excluding hydrogens is 320 g/mol. The zero-order valence-corrected chi connectivity index (χ0v) is 13.4. The third-order valence-corrected chi connectivity index (χ3v) is 5.35. The van der Waals surface area contributed by atoms with Crippen LogP contribution in [0.25, 0.3) is 0 Å². The van der Waals surface area contributed by atoms with Gasteiger partial charge in [0.05, 0.1) is 11.9 Å². The van der Waals surface area contributed by atoms with Gasteiger partial charge in [0.2, 0.25) is 0 Å². The molecule has 1 aliphatic carbocycles. The van der Waals surface area contributed by atoms with E-state index in [4.69, 9.17) is 0 Å². The summed E-state index contributed by atoms with van der Waals surface area (Å²) < 4.78 is 2.06. The molecule has 0 aromatic carbocycles. The van der Waals surface area contributed by atoms with E-state index in [1.165, 1.54) is 23.9 Å². The highest BCUT2D eigenvalue weighted by Crippen LogP contribution is 2.39. The molecule has 1 saturated heterocycles. The Morgan fingerprint density at radius 1 is 1.60 bits per heavy atom. The highest BCUT2D eigenvalue weighted by Gasteiger charge is 2.40. The lowest BCUT2D eigenvalue weighted by Crippen LogP contribution is -2.58. The molecule has 3 rings (SSSR count). The van der Waals surface area contributed by atoms with E-state index in [2.05, 4.69) is 31.7 Å². The predicted octanol–water partition coefficient (Wildman–Crippen LogP) is 2.11. The van der Waals surface area contributed by atoms with Gasteiger partial charge in [-0.1, -0.05) is 0 Å². The lowest BCUT2D eigenvalue weighted by molar-refractivity contribution is 0.135. The lowest BCUT2D eigenvalue weighted by Gasteiger charge is -2.48. The van der Waals surface area contributed by atoms with Crippen LogP contribution in [0.1, 0.15) is 39.0 Å².